The summed E-state index contributed by atoms with van der Waals surface area (Å²) < 4.78 is 0. The van der Waals surface area contributed by atoms with E-state index in [9.17, 15) is 0 Å². The molecule has 0 aliphatic carbocycles. The molecule has 0 aromatic heterocycles. The van der Waals surface area contributed by atoms with Gasteiger partial charge in [-0.2, -0.15) is 0 Å². The number of allylic oxidation sites excluding steroid dienone is 5. The normalized spacial score (nSPS) is 12.9. The minimum absolute atomic E-state index is 0.861. The van der Waals surface area contributed by atoms with Crippen LogP contribution in [0, 0.1) is 5.92 Å². The fraction of sp³-hybridized carbons (Fsp3) is 0.486. The van der Waals surface area contributed by atoms with E-state index in [0.29, 0.717) is 0 Å². The lowest BCUT2D eigenvalue weighted by Crippen LogP contribution is -2.03. The van der Waals surface area contributed by atoms with Crippen molar-refractivity contribution in [1.82, 2.24) is 0 Å². The zero-order valence-corrected chi connectivity index (χ0v) is 23.1. The maximum atomic E-state index is 4.37. The standard InChI is InChI=1S/C35H50/c1-6-15-30(21-13-18-29(5)24-25-31-19-11-10-12-20-31)22-14-23-33-26-27-35(28-34(33)17-8-3)32(9-4)16-7-2/h7,9-12,16,19-20,26-28,30H,5-6,8,13-15,17-18,21-25H2,1-4H3. The van der Waals surface area contributed by atoms with E-state index in [-0.39, 0.29) is 0 Å². The molecule has 0 aliphatic heterocycles. The zero-order valence-electron chi connectivity index (χ0n) is 23.1. The van der Waals surface area contributed by atoms with Crippen LogP contribution in [0.5, 0.6) is 0 Å². The van der Waals surface area contributed by atoms with E-state index in [1.165, 1.54) is 86.5 Å². The molecule has 190 valence electrons. The van der Waals surface area contributed by atoms with E-state index in [2.05, 4.69) is 101 Å². The Kier molecular flexibility index (Phi) is 14.2. The topological polar surface area (TPSA) is 0 Å². The van der Waals surface area contributed by atoms with Crippen molar-refractivity contribution >= 4 is 5.57 Å². The van der Waals surface area contributed by atoms with Crippen molar-refractivity contribution in [2.75, 3.05) is 0 Å². The van der Waals surface area contributed by atoms with E-state index in [1.54, 1.807) is 11.1 Å². The predicted octanol–water partition coefficient (Wildman–Crippen LogP) is 10.7. The molecular formula is C35H50. The highest BCUT2D eigenvalue weighted by molar-refractivity contribution is 5.74. The first-order valence-electron chi connectivity index (χ1n) is 14.2. The maximum absolute atomic E-state index is 4.37. The van der Waals surface area contributed by atoms with Gasteiger partial charge in [0.2, 0.25) is 0 Å². The van der Waals surface area contributed by atoms with Gasteiger partial charge in [-0.3, -0.25) is 0 Å². The summed E-state index contributed by atoms with van der Waals surface area (Å²) in [7, 11) is 0. The van der Waals surface area contributed by atoms with Crippen LogP contribution in [0.1, 0.15) is 108 Å². The molecule has 35 heavy (non-hydrogen) atoms. The Balaban J connectivity index is 1.83. The minimum atomic E-state index is 0.861. The average molecular weight is 471 g/mol. The van der Waals surface area contributed by atoms with Crippen molar-refractivity contribution in [2.45, 2.75) is 105 Å². The molecule has 2 aromatic carbocycles. The Labute approximate surface area is 217 Å². The van der Waals surface area contributed by atoms with Crippen molar-refractivity contribution in [1.29, 1.82) is 0 Å². The lowest BCUT2D eigenvalue weighted by Gasteiger charge is -2.18. The molecular weight excluding hydrogens is 420 g/mol. The molecule has 0 heteroatoms. The molecule has 0 aliphatic rings. The maximum Gasteiger partial charge on any atom is -0.0185 e. The molecule has 0 saturated carbocycles. The Morgan fingerprint density at radius 1 is 0.800 bits per heavy atom. The Morgan fingerprint density at radius 2 is 1.57 bits per heavy atom. The number of hydrogen-bond donors (Lipinski definition) is 0. The van der Waals surface area contributed by atoms with Gasteiger partial charge in [0.1, 0.15) is 0 Å². The Bertz CT molecular complexity index is 912. The first-order valence-corrected chi connectivity index (χ1v) is 14.2. The summed E-state index contributed by atoms with van der Waals surface area (Å²) >= 11 is 0. The quantitative estimate of drug-likeness (QED) is 0.159. The first kappa shape index (κ1) is 28.9. The summed E-state index contributed by atoms with van der Waals surface area (Å²) in [6, 6.07) is 18.0. The summed E-state index contributed by atoms with van der Waals surface area (Å²) in [5, 5.41) is 0. The van der Waals surface area contributed by atoms with Gasteiger partial charge < -0.3 is 0 Å². The molecule has 0 radical (unpaired) electrons. The molecule has 0 bridgehead atoms. The van der Waals surface area contributed by atoms with Crippen LogP contribution < -0.4 is 0 Å². The van der Waals surface area contributed by atoms with Crippen LogP contribution in [0.25, 0.3) is 5.57 Å². The average Bonchev–Trinajstić information content (AvgIpc) is 2.87. The smallest absolute Gasteiger partial charge is 0.0185 e. The summed E-state index contributed by atoms with van der Waals surface area (Å²) in [4.78, 5) is 0. The van der Waals surface area contributed by atoms with Crippen LogP contribution in [0.4, 0.5) is 0 Å². The summed E-state index contributed by atoms with van der Waals surface area (Å²) in [5.41, 5.74) is 8.65. The van der Waals surface area contributed by atoms with Crippen LogP contribution in [0.15, 0.2) is 78.9 Å². The van der Waals surface area contributed by atoms with Gasteiger partial charge in [-0.1, -0.05) is 125 Å². The number of rotatable bonds is 17. The fourth-order valence-corrected chi connectivity index (χ4v) is 5.24. The molecule has 0 fully saturated rings. The van der Waals surface area contributed by atoms with Gasteiger partial charge >= 0.3 is 0 Å². The predicted molar refractivity (Wildman–Crippen MR) is 158 cm³/mol. The highest BCUT2D eigenvalue weighted by Gasteiger charge is 2.11. The van der Waals surface area contributed by atoms with Crippen molar-refractivity contribution in [2.24, 2.45) is 5.92 Å². The molecule has 0 spiro atoms. The van der Waals surface area contributed by atoms with Crippen molar-refractivity contribution in [3.8, 4) is 0 Å². The van der Waals surface area contributed by atoms with E-state index in [0.717, 1.165) is 18.8 Å². The summed E-state index contributed by atoms with van der Waals surface area (Å²) in [6.45, 7) is 13.2. The van der Waals surface area contributed by atoms with Gasteiger partial charge in [0.25, 0.3) is 0 Å². The number of aryl methyl sites for hydroxylation is 3. The number of benzene rings is 2. The first-order chi connectivity index (χ1) is 17.1. The highest BCUT2D eigenvalue weighted by Crippen LogP contribution is 2.26. The van der Waals surface area contributed by atoms with E-state index in [1.807, 2.05) is 0 Å². The molecule has 2 rings (SSSR count). The van der Waals surface area contributed by atoms with Crippen LogP contribution in [-0.2, 0) is 19.3 Å². The minimum Gasteiger partial charge on any atom is -0.0999 e. The summed E-state index contributed by atoms with van der Waals surface area (Å²) in [6.07, 6.45) is 21.6. The fourth-order valence-electron chi connectivity index (χ4n) is 5.24. The van der Waals surface area contributed by atoms with Gasteiger partial charge in [-0.25, -0.2) is 0 Å². The Morgan fingerprint density at radius 3 is 2.26 bits per heavy atom. The lowest BCUT2D eigenvalue weighted by atomic mass is 9.88. The SMILES string of the molecule is C=C(CCCC(CCC)CCCc1ccc(C(C=CC)=CC)cc1CCC)CCc1ccccc1. The van der Waals surface area contributed by atoms with Crippen LogP contribution in [0.3, 0.4) is 0 Å². The largest absolute Gasteiger partial charge is 0.0999 e. The van der Waals surface area contributed by atoms with Gasteiger partial charge in [0.05, 0.1) is 0 Å². The highest BCUT2D eigenvalue weighted by atomic mass is 14.2. The Hall–Kier alpha value is -2.34. The van der Waals surface area contributed by atoms with Gasteiger partial charge in [0.15, 0.2) is 0 Å². The van der Waals surface area contributed by atoms with Crippen molar-refractivity contribution in [3.05, 3.63) is 101 Å². The molecule has 0 nitrogen and oxygen atoms in total. The van der Waals surface area contributed by atoms with Crippen LogP contribution in [-0.4, -0.2) is 0 Å². The van der Waals surface area contributed by atoms with Crippen LogP contribution in [0.2, 0.25) is 0 Å². The zero-order chi connectivity index (χ0) is 25.3. The van der Waals surface area contributed by atoms with E-state index >= 15 is 0 Å². The second-order valence-electron chi connectivity index (χ2n) is 10.2. The third kappa shape index (κ3) is 10.9. The molecule has 0 N–H and O–H groups in total. The van der Waals surface area contributed by atoms with Gasteiger partial charge in [-0.05, 0) is 92.5 Å². The molecule has 2 aromatic rings. The third-order valence-electron chi connectivity index (χ3n) is 7.22. The second-order valence-corrected chi connectivity index (χ2v) is 10.2. The summed E-state index contributed by atoms with van der Waals surface area (Å²) in [5.74, 6) is 0.861. The molecule has 1 unspecified atom stereocenters. The van der Waals surface area contributed by atoms with E-state index < -0.39 is 0 Å². The molecule has 0 saturated heterocycles. The molecule has 1 atom stereocenters. The molecule has 0 heterocycles. The third-order valence-corrected chi connectivity index (χ3v) is 7.22. The van der Waals surface area contributed by atoms with Crippen molar-refractivity contribution < 1.29 is 0 Å². The lowest BCUT2D eigenvalue weighted by molar-refractivity contribution is 0.393. The second kappa shape index (κ2) is 17.1. The van der Waals surface area contributed by atoms with E-state index in [4.69, 9.17) is 0 Å². The monoisotopic (exact) mass is 470 g/mol. The van der Waals surface area contributed by atoms with Gasteiger partial charge in [0, 0.05) is 0 Å². The number of hydrogen-bond acceptors (Lipinski definition) is 0. The van der Waals surface area contributed by atoms with Crippen molar-refractivity contribution in [3.63, 3.8) is 0 Å². The van der Waals surface area contributed by atoms with Gasteiger partial charge in [-0.15, -0.1) is 0 Å². The van der Waals surface area contributed by atoms with Crippen LogP contribution >= 0.6 is 0 Å². The molecule has 0 amide bonds.